The van der Waals surface area contributed by atoms with Gasteiger partial charge < -0.3 is 14.8 Å². The van der Waals surface area contributed by atoms with E-state index in [0.717, 1.165) is 12.1 Å². The summed E-state index contributed by atoms with van der Waals surface area (Å²) in [5.74, 6) is -0.201. The maximum absolute atomic E-state index is 11.9. The first-order valence-electron chi connectivity index (χ1n) is 7.78. The highest BCUT2D eigenvalue weighted by molar-refractivity contribution is 5.30. The molecule has 1 heterocycles. The molecule has 0 fully saturated rings. The first kappa shape index (κ1) is 17.2. The van der Waals surface area contributed by atoms with Crippen molar-refractivity contribution in [2.24, 2.45) is 0 Å². The first-order valence-corrected chi connectivity index (χ1v) is 7.78. The van der Waals surface area contributed by atoms with Gasteiger partial charge in [-0.25, -0.2) is 0 Å². The van der Waals surface area contributed by atoms with Gasteiger partial charge in [-0.2, -0.15) is 0 Å². The fraction of sp³-hybridized carbons (Fsp3) is 0.389. The third kappa shape index (κ3) is 4.43. The van der Waals surface area contributed by atoms with Gasteiger partial charge in [0.2, 0.25) is 5.43 Å². The zero-order valence-electron chi connectivity index (χ0n) is 13.7. The Morgan fingerprint density at radius 2 is 1.91 bits per heavy atom. The second-order valence-corrected chi connectivity index (χ2v) is 5.79. The summed E-state index contributed by atoms with van der Waals surface area (Å²) >= 11 is 0. The lowest BCUT2D eigenvalue weighted by atomic mass is 10.1. The molecule has 0 aliphatic rings. The molecule has 0 amide bonds. The molecule has 23 heavy (non-hydrogen) atoms. The number of pyridine rings is 1. The summed E-state index contributed by atoms with van der Waals surface area (Å²) in [5, 5.41) is 19.2. The number of nitrogens with zero attached hydrogens (tertiary/aromatic N) is 2. The predicted octanol–water partition coefficient (Wildman–Crippen LogP) is 1.53. The van der Waals surface area contributed by atoms with E-state index >= 15 is 0 Å². The number of likely N-dealkylation sites (N-methyl/N-ethyl adjacent to an activating group) is 1. The van der Waals surface area contributed by atoms with Crippen molar-refractivity contribution in [2.75, 3.05) is 20.2 Å². The first-order chi connectivity index (χ1) is 11.0. The minimum atomic E-state index is -0.356. The van der Waals surface area contributed by atoms with Crippen molar-refractivity contribution in [1.82, 2.24) is 9.47 Å². The summed E-state index contributed by atoms with van der Waals surface area (Å²) in [5.41, 5.74) is 2.28. The van der Waals surface area contributed by atoms with Crippen LogP contribution in [0.5, 0.6) is 5.75 Å². The van der Waals surface area contributed by atoms with E-state index in [-0.39, 0.29) is 17.8 Å². The van der Waals surface area contributed by atoms with Crippen molar-refractivity contribution in [3.05, 3.63) is 63.6 Å². The Morgan fingerprint density at radius 1 is 1.22 bits per heavy atom. The lowest BCUT2D eigenvalue weighted by molar-refractivity contribution is 0.212. The Hall–Kier alpha value is -2.11. The van der Waals surface area contributed by atoms with E-state index in [2.05, 4.69) is 12.1 Å². The molecule has 0 spiro atoms. The van der Waals surface area contributed by atoms with Gasteiger partial charge in [-0.1, -0.05) is 30.3 Å². The van der Waals surface area contributed by atoms with Gasteiger partial charge in [0, 0.05) is 31.4 Å². The van der Waals surface area contributed by atoms with E-state index < -0.39 is 0 Å². The number of benzene rings is 1. The molecular weight excluding hydrogens is 292 g/mol. The average molecular weight is 316 g/mol. The van der Waals surface area contributed by atoms with E-state index in [4.69, 9.17) is 5.11 Å². The molecule has 2 rings (SSSR count). The number of aromatic nitrogens is 1. The summed E-state index contributed by atoms with van der Waals surface area (Å²) in [6.45, 7) is 3.50. The minimum absolute atomic E-state index is 0.0390. The molecular formula is C18H24N2O3. The van der Waals surface area contributed by atoms with Crippen LogP contribution in [0.4, 0.5) is 0 Å². The third-order valence-corrected chi connectivity index (χ3v) is 3.97. The topological polar surface area (TPSA) is 65.7 Å². The van der Waals surface area contributed by atoms with Crippen molar-refractivity contribution in [3.63, 3.8) is 0 Å². The van der Waals surface area contributed by atoms with Crippen molar-refractivity contribution >= 4 is 0 Å². The Balaban J connectivity index is 2.29. The number of aromatic hydroxyl groups is 1. The molecule has 124 valence electrons. The highest BCUT2D eigenvalue weighted by Gasteiger charge is 2.14. The van der Waals surface area contributed by atoms with Gasteiger partial charge in [0.1, 0.15) is 0 Å². The van der Waals surface area contributed by atoms with Crippen molar-refractivity contribution in [3.8, 4) is 5.75 Å². The average Bonchev–Trinajstić information content (AvgIpc) is 2.53. The lowest BCUT2D eigenvalue weighted by Gasteiger charge is -2.22. The van der Waals surface area contributed by atoms with Crippen LogP contribution in [0.1, 0.15) is 17.0 Å². The number of aliphatic hydroxyl groups is 1. The Morgan fingerprint density at radius 3 is 2.57 bits per heavy atom. The fourth-order valence-corrected chi connectivity index (χ4v) is 2.68. The Kier molecular flexibility index (Phi) is 5.96. The molecule has 1 aromatic heterocycles. The summed E-state index contributed by atoms with van der Waals surface area (Å²) in [6.07, 6.45) is 0.820. The predicted molar refractivity (Wildman–Crippen MR) is 90.7 cm³/mol. The maximum Gasteiger partial charge on any atom is 0.223 e. The fourth-order valence-electron chi connectivity index (χ4n) is 2.68. The van der Waals surface area contributed by atoms with Gasteiger partial charge in [0.15, 0.2) is 5.75 Å². The molecule has 0 aliphatic heterocycles. The summed E-state index contributed by atoms with van der Waals surface area (Å²) in [7, 11) is 1.85. The molecule has 0 unspecified atom stereocenters. The second kappa shape index (κ2) is 7.94. The van der Waals surface area contributed by atoms with E-state index in [1.165, 1.54) is 11.6 Å². The van der Waals surface area contributed by atoms with E-state index in [1.54, 1.807) is 0 Å². The molecule has 5 nitrogen and oxygen atoms in total. The second-order valence-electron chi connectivity index (χ2n) is 5.79. The van der Waals surface area contributed by atoms with Crippen LogP contribution in [-0.2, 0) is 19.5 Å². The zero-order valence-corrected chi connectivity index (χ0v) is 13.7. The summed E-state index contributed by atoms with van der Waals surface area (Å²) < 4.78 is 1.98. The van der Waals surface area contributed by atoms with Crippen LogP contribution in [0.3, 0.4) is 0 Å². The number of aryl methyl sites for hydroxylation is 2. The molecule has 0 aliphatic carbocycles. The number of rotatable bonds is 7. The number of hydrogen-bond acceptors (Lipinski definition) is 4. The highest BCUT2D eigenvalue weighted by atomic mass is 16.3. The molecule has 0 bridgehead atoms. The maximum atomic E-state index is 11.9. The van der Waals surface area contributed by atoms with E-state index in [9.17, 15) is 9.90 Å². The van der Waals surface area contributed by atoms with Crippen LogP contribution < -0.4 is 5.43 Å². The van der Waals surface area contributed by atoms with Crippen LogP contribution >= 0.6 is 0 Å². The molecule has 0 atom stereocenters. The molecule has 0 radical (unpaired) electrons. The largest absolute Gasteiger partial charge is 0.503 e. The van der Waals surface area contributed by atoms with Gasteiger partial charge in [0.25, 0.3) is 0 Å². The monoisotopic (exact) mass is 316 g/mol. The Labute approximate surface area is 136 Å². The number of hydrogen-bond donors (Lipinski definition) is 2. The van der Waals surface area contributed by atoms with Gasteiger partial charge in [0.05, 0.1) is 12.3 Å². The van der Waals surface area contributed by atoms with Crippen LogP contribution in [0.15, 0.2) is 41.2 Å². The minimum Gasteiger partial charge on any atom is -0.503 e. The number of aliphatic hydroxyl groups excluding tert-OH is 1. The summed E-state index contributed by atoms with van der Waals surface area (Å²) in [6, 6.07) is 11.6. The van der Waals surface area contributed by atoms with E-state index in [1.807, 2.05) is 41.6 Å². The van der Waals surface area contributed by atoms with Crippen molar-refractivity contribution in [2.45, 2.75) is 26.4 Å². The molecule has 2 N–H and O–H groups in total. The van der Waals surface area contributed by atoms with Crippen LogP contribution in [0, 0.1) is 6.92 Å². The quantitative estimate of drug-likeness (QED) is 0.813. The zero-order chi connectivity index (χ0) is 16.8. The lowest BCUT2D eigenvalue weighted by Crippen LogP contribution is -2.26. The molecule has 2 aromatic rings. The summed E-state index contributed by atoms with van der Waals surface area (Å²) in [4.78, 5) is 13.8. The van der Waals surface area contributed by atoms with Crippen LogP contribution in [0.25, 0.3) is 0 Å². The SMILES string of the molecule is Cc1cc(=O)c(O)c(CN(C)CCO)n1CCc1ccccc1. The normalized spacial score (nSPS) is 11.1. The molecule has 0 saturated heterocycles. The van der Waals surface area contributed by atoms with Crippen molar-refractivity contribution < 1.29 is 10.2 Å². The van der Waals surface area contributed by atoms with Gasteiger partial charge in [-0.05, 0) is 26.0 Å². The highest BCUT2D eigenvalue weighted by Crippen LogP contribution is 2.17. The van der Waals surface area contributed by atoms with Crippen molar-refractivity contribution in [1.29, 1.82) is 0 Å². The molecule has 0 saturated carbocycles. The molecule has 1 aromatic carbocycles. The van der Waals surface area contributed by atoms with Crippen LogP contribution in [-0.4, -0.2) is 39.9 Å². The smallest absolute Gasteiger partial charge is 0.223 e. The van der Waals surface area contributed by atoms with Crippen LogP contribution in [0.2, 0.25) is 0 Å². The van der Waals surface area contributed by atoms with E-state index in [0.29, 0.717) is 25.3 Å². The van der Waals surface area contributed by atoms with Gasteiger partial charge in [-0.15, -0.1) is 0 Å². The van der Waals surface area contributed by atoms with Gasteiger partial charge >= 0.3 is 0 Å². The van der Waals surface area contributed by atoms with Gasteiger partial charge in [-0.3, -0.25) is 9.69 Å². The third-order valence-electron chi connectivity index (χ3n) is 3.97. The Bertz CT molecular complexity index is 695. The standard InChI is InChI=1S/C18H24N2O3/c1-14-12-17(22)18(23)16(13-19(2)10-11-21)20(14)9-8-15-6-4-3-5-7-15/h3-7,12,21,23H,8-11,13H2,1-2H3. The molecule has 5 heteroatoms.